The number of hydrogen-bond donors (Lipinski definition) is 0. The monoisotopic (exact) mass is 426 g/mol. The fourth-order valence-electron chi connectivity index (χ4n) is 3.29. The fourth-order valence-corrected chi connectivity index (χ4v) is 4.23. The minimum absolute atomic E-state index is 0.0192. The lowest BCUT2D eigenvalue weighted by molar-refractivity contribution is -0.129. The smallest absolute Gasteiger partial charge is 0.242 e. The van der Waals surface area contributed by atoms with Gasteiger partial charge in [-0.3, -0.25) is 4.79 Å². The van der Waals surface area contributed by atoms with Crippen molar-refractivity contribution in [2.75, 3.05) is 45.7 Å². The van der Waals surface area contributed by atoms with Gasteiger partial charge in [-0.2, -0.15) is 0 Å². The quantitative estimate of drug-likeness (QED) is 0.618. The Morgan fingerprint density at radius 2 is 1.87 bits per heavy atom. The number of anilines is 1. The summed E-state index contributed by atoms with van der Waals surface area (Å²) in [5.41, 5.74) is 2.51. The summed E-state index contributed by atoms with van der Waals surface area (Å²) in [5, 5.41) is 0. The van der Waals surface area contributed by atoms with Crippen molar-refractivity contribution in [2.45, 2.75) is 4.90 Å². The highest BCUT2D eigenvalue weighted by atomic mass is 32.2. The molecule has 1 fully saturated rings. The number of hydrogen-bond acceptors (Lipinski definition) is 7. The highest BCUT2D eigenvalue weighted by molar-refractivity contribution is 7.89. The number of sulfonamides is 1. The van der Waals surface area contributed by atoms with Gasteiger partial charge in [0.25, 0.3) is 0 Å². The molecule has 1 amide bonds. The molecule has 0 spiro atoms. The Balaban J connectivity index is 1.78. The number of fused-ring (bicyclic) bond motifs is 1. The van der Waals surface area contributed by atoms with Crippen molar-refractivity contribution in [3.8, 4) is 11.3 Å². The predicted molar refractivity (Wildman–Crippen MR) is 113 cm³/mol. The third-order valence-corrected chi connectivity index (χ3v) is 6.94. The van der Waals surface area contributed by atoms with E-state index >= 15 is 0 Å². The van der Waals surface area contributed by atoms with Crippen LogP contribution >= 0.6 is 0 Å². The van der Waals surface area contributed by atoms with Gasteiger partial charge in [-0.25, -0.2) is 27.7 Å². The summed E-state index contributed by atoms with van der Waals surface area (Å²) in [7, 11) is 1.22. The number of carbonyl (C=O) groups excluding carboxylic acids is 1. The van der Waals surface area contributed by atoms with Crippen LogP contribution < -0.4 is 4.90 Å². The Morgan fingerprint density at radius 3 is 2.60 bits per heavy atom. The van der Waals surface area contributed by atoms with Gasteiger partial charge in [0.1, 0.15) is 11.8 Å². The molecule has 0 saturated carbocycles. The van der Waals surface area contributed by atoms with Crippen molar-refractivity contribution in [3.63, 3.8) is 0 Å². The molecular formula is C20H22N6O3S. The highest BCUT2D eigenvalue weighted by Crippen LogP contribution is 2.27. The number of amides is 1. The van der Waals surface area contributed by atoms with Gasteiger partial charge in [0, 0.05) is 39.8 Å². The van der Waals surface area contributed by atoms with Crippen LogP contribution in [0.3, 0.4) is 0 Å². The number of pyridine rings is 1. The first-order valence-electron chi connectivity index (χ1n) is 9.41. The maximum absolute atomic E-state index is 12.5. The molecule has 10 heteroatoms. The number of likely N-dealkylation sites (N-methyl/N-ethyl adjacent to an activating group) is 1. The molecule has 3 heterocycles. The molecule has 0 unspecified atom stereocenters. The Labute approximate surface area is 175 Å². The van der Waals surface area contributed by atoms with Gasteiger partial charge in [0.15, 0.2) is 5.82 Å². The van der Waals surface area contributed by atoms with Crippen LogP contribution in [0.4, 0.5) is 5.82 Å². The molecule has 30 heavy (non-hydrogen) atoms. The zero-order chi connectivity index (χ0) is 21.5. The Kier molecular flexibility index (Phi) is 5.12. The van der Waals surface area contributed by atoms with Gasteiger partial charge in [0.05, 0.1) is 22.7 Å². The van der Waals surface area contributed by atoms with E-state index in [-0.39, 0.29) is 17.3 Å². The van der Waals surface area contributed by atoms with Crippen molar-refractivity contribution < 1.29 is 13.2 Å². The normalized spacial score (nSPS) is 15.3. The van der Waals surface area contributed by atoms with Gasteiger partial charge < -0.3 is 9.80 Å². The molecular weight excluding hydrogens is 404 g/mol. The van der Waals surface area contributed by atoms with Crippen molar-refractivity contribution in [2.24, 2.45) is 0 Å². The zero-order valence-electron chi connectivity index (χ0n) is 17.0. The maximum atomic E-state index is 12.5. The number of rotatable bonds is 4. The van der Waals surface area contributed by atoms with Crippen molar-refractivity contribution in [1.82, 2.24) is 24.2 Å². The van der Waals surface area contributed by atoms with E-state index in [4.69, 9.17) is 4.98 Å². The lowest BCUT2D eigenvalue weighted by Gasteiger charge is -2.32. The maximum Gasteiger partial charge on any atom is 0.242 e. The molecule has 0 atom stereocenters. The van der Waals surface area contributed by atoms with Crippen LogP contribution in [0.15, 0.2) is 47.6 Å². The second kappa shape index (κ2) is 7.62. The summed E-state index contributed by atoms with van der Waals surface area (Å²) < 4.78 is 26.2. The molecule has 1 aliphatic rings. The fraction of sp³-hybridized carbons (Fsp3) is 0.300. The first-order chi connectivity index (χ1) is 14.3. The third kappa shape index (κ3) is 3.59. The van der Waals surface area contributed by atoms with Crippen LogP contribution in [0.2, 0.25) is 0 Å². The SMILES string of the molecule is CN1CCN(c2ncnc3ccc(-c4cccc(S(=O)(=O)N(C)C)c4)nc23)CC1=O. The number of aromatic nitrogens is 3. The first-order valence-corrected chi connectivity index (χ1v) is 10.8. The largest absolute Gasteiger partial charge is 0.344 e. The first kappa shape index (κ1) is 20.2. The number of benzene rings is 1. The Hall–Kier alpha value is -3.11. The Bertz CT molecular complexity index is 1230. The number of nitrogens with zero attached hydrogens (tertiary/aromatic N) is 6. The molecule has 156 valence electrons. The van der Waals surface area contributed by atoms with Crippen LogP contribution in [0.1, 0.15) is 0 Å². The molecule has 0 N–H and O–H groups in total. The van der Waals surface area contributed by atoms with Crippen LogP contribution in [0, 0.1) is 0 Å². The molecule has 9 nitrogen and oxygen atoms in total. The standard InChI is InChI=1S/C20H22N6O3S/c1-24(2)30(28,29)15-6-4-5-14(11-15)16-7-8-17-19(23-16)20(22-13-21-17)26-10-9-25(3)18(27)12-26/h4-8,11,13H,9-10,12H2,1-3H3. The van der Waals surface area contributed by atoms with Crippen LogP contribution in [-0.4, -0.2) is 79.3 Å². The van der Waals surface area contributed by atoms with Crippen LogP contribution in [0.5, 0.6) is 0 Å². The van der Waals surface area contributed by atoms with E-state index in [1.807, 2.05) is 17.0 Å². The molecule has 0 bridgehead atoms. The summed E-state index contributed by atoms with van der Waals surface area (Å²) in [6.07, 6.45) is 1.46. The van der Waals surface area contributed by atoms with Crippen molar-refractivity contribution in [3.05, 3.63) is 42.7 Å². The second-order valence-corrected chi connectivity index (χ2v) is 9.47. The van der Waals surface area contributed by atoms with Gasteiger partial charge in [-0.1, -0.05) is 12.1 Å². The van der Waals surface area contributed by atoms with Gasteiger partial charge in [-0.05, 0) is 24.3 Å². The molecule has 2 aromatic heterocycles. The molecule has 1 aliphatic heterocycles. The van der Waals surface area contributed by atoms with Crippen LogP contribution in [0.25, 0.3) is 22.3 Å². The lowest BCUT2D eigenvalue weighted by Crippen LogP contribution is -2.49. The van der Waals surface area contributed by atoms with E-state index in [1.165, 1.54) is 24.7 Å². The summed E-state index contributed by atoms with van der Waals surface area (Å²) in [6, 6.07) is 10.3. The van der Waals surface area contributed by atoms with Gasteiger partial charge >= 0.3 is 0 Å². The zero-order valence-corrected chi connectivity index (χ0v) is 17.8. The molecule has 1 saturated heterocycles. The molecule has 4 rings (SSSR count). The summed E-state index contributed by atoms with van der Waals surface area (Å²) in [4.78, 5) is 29.3. The molecule has 3 aromatic rings. The van der Waals surface area contributed by atoms with E-state index in [0.717, 1.165) is 0 Å². The Morgan fingerprint density at radius 1 is 1.07 bits per heavy atom. The molecule has 1 aromatic carbocycles. The van der Waals surface area contributed by atoms with Gasteiger partial charge in [-0.15, -0.1) is 0 Å². The predicted octanol–water partition coefficient (Wildman–Crippen LogP) is 1.22. The van der Waals surface area contributed by atoms with E-state index in [2.05, 4.69) is 9.97 Å². The van der Waals surface area contributed by atoms with E-state index < -0.39 is 10.0 Å². The summed E-state index contributed by atoms with van der Waals surface area (Å²) in [6.45, 7) is 1.48. The lowest BCUT2D eigenvalue weighted by atomic mass is 10.1. The number of carbonyl (C=O) groups is 1. The van der Waals surface area contributed by atoms with Crippen molar-refractivity contribution >= 4 is 32.8 Å². The summed E-state index contributed by atoms with van der Waals surface area (Å²) >= 11 is 0. The average Bonchev–Trinajstić information content (AvgIpc) is 2.75. The van der Waals surface area contributed by atoms with E-state index in [0.29, 0.717) is 41.2 Å². The third-order valence-electron chi connectivity index (χ3n) is 5.13. The van der Waals surface area contributed by atoms with E-state index in [9.17, 15) is 13.2 Å². The van der Waals surface area contributed by atoms with Crippen molar-refractivity contribution in [1.29, 1.82) is 0 Å². The minimum atomic E-state index is -3.56. The second-order valence-electron chi connectivity index (χ2n) is 7.31. The molecule has 0 radical (unpaired) electrons. The molecule has 0 aliphatic carbocycles. The van der Waals surface area contributed by atoms with E-state index in [1.54, 1.807) is 36.2 Å². The average molecular weight is 427 g/mol. The van der Waals surface area contributed by atoms with Gasteiger partial charge in [0.2, 0.25) is 15.9 Å². The highest BCUT2D eigenvalue weighted by Gasteiger charge is 2.24. The van der Waals surface area contributed by atoms with Crippen LogP contribution in [-0.2, 0) is 14.8 Å². The number of piperazine rings is 1. The summed E-state index contributed by atoms with van der Waals surface area (Å²) in [5.74, 6) is 0.617. The minimum Gasteiger partial charge on any atom is -0.344 e. The topological polar surface area (TPSA) is 99.6 Å².